The molecule has 1 fully saturated rings. The fourth-order valence-electron chi connectivity index (χ4n) is 2.59. The van der Waals surface area contributed by atoms with Crippen LogP contribution in [0.5, 0.6) is 0 Å². The van der Waals surface area contributed by atoms with Crippen LogP contribution in [0.25, 0.3) is 10.1 Å². The molecular formula is C14H16N2O4S2. The summed E-state index contributed by atoms with van der Waals surface area (Å²) in [5.74, 6) is -0.182. The number of benzene rings is 1. The molecule has 0 saturated carbocycles. The van der Waals surface area contributed by atoms with Crippen LogP contribution < -0.4 is 4.72 Å². The largest absolute Gasteiger partial charge is 0.390 e. The third kappa shape index (κ3) is 3.14. The second-order valence-electron chi connectivity index (χ2n) is 5.42. The summed E-state index contributed by atoms with van der Waals surface area (Å²) in [7, 11) is -3.42. The van der Waals surface area contributed by atoms with Crippen LogP contribution in [0.4, 0.5) is 0 Å². The lowest BCUT2D eigenvalue weighted by molar-refractivity contribution is 0.0769. The Labute approximate surface area is 132 Å². The van der Waals surface area contributed by atoms with E-state index in [-0.39, 0.29) is 19.0 Å². The van der Waals surface area contributed by atoms with Gasteiger partial charge in [-0.15, -0.1) is 11.3 Å². The van der Waals surface area contributed by atoms with Crippen LogP contribution in [0.2, 0.25) is 0 Å². The second-order valence-corrected chi connectivity index (χ2v) is 8.29. The first-order valence-electron chi connectivity index (χ1n) is 6.77. The summed E-state index contributed by atoms with van der Waals surface area (Å²) >= 11 is 1.40. The van der Waals surface area contributed by atoms with Gasteiger partial charge in [0.05, 0.1) is 23.3 Å². The van der Waals surface area contributed by atoms with Crippen molar-refractivity contribution in [2.45, 2.75) is 12.1 Å². The minimum absolute atomic E-state index is 0.125. The van der Waals surface area contributed by atoms with Crippen LogP contribution >= 0.6 is 11.3 Å². The Morgan fingerprint density at radius 1 is 1.36 bits per heavy atom. The Kier molecular flexibility index (Phi) is 3.94. The smallest absolute Gasteiger partial charge is 0.264 e. The van der Waals surface area contributed by atoms with Gasteiger partial charge in [0.25, 0.3) is 5.91 Å². The molecule has 2 aromatic rings. The predicted octanol–water partition coefficient (Wildman–Crippen LogP) is 0.636. The molecule has 1 aromatic heterocycles. The normalized spacial score (nSPS) is 22.4. The summed E-state index contributed by atoms with van der Waals surface area (Å²) < 4.78 is 25.9. The van der Waals surface area contributed by atoms with Crippen molar-refractivity contribution in [3.05, 3.63) is 35.2 Å². The van der Waals surface area contributed by atoms with Crippen molar-refractivity contribution in [2.24, 2.45) is 0 Å². The maximum atomic E-state index is 12.5. The number of hydrogen-bond donors (Lipinski definition) is 2. The van der Waals surface area contributed by atoms with Gasteiger partial charge in [0.2, 0.25) is 10.0 Å². The molecule has 0 aliphatic carbocycles. The Bertz CT molecular complexity index is 782. The van der Waals surface area contributed by atoms with Crippen molar-refractivity contribution in [3.8, 4) is 0 Å². The average molecular weight is 340 g/mol. The topological polar surface area (TPSA) is 86.7 Å². The van der Waals surface area contributed by atoms with Crippen LogP contribution in [-0.2, 0) is 10.0 Å². The maximum absolute atomic E-state index is 12.5. The minimum atomic E-state index is -3.42. The maximum Gasteiger partial charge on any atom is 0.264 e. The first kappa shape index (κ1) is 15.4. The Morgan fingerprint density at radius 2 is 2.09 bits per heavy atom. The van der Waals surface area contributed by atoms with E-state index in [9.17, 15) is 18.3 Å². The van der Waals surface area contributed by atoms with Crippen LogP contribution in [0.3, 0.4) is 0 Å². The highest BCUT2D eigenvalue weighted by atomic mass is 32.2. The molecule has 0 spiro atoms. The van der Waals surface area contributed by atoms with Gasteiger partial charge in [-0.3, -0.25) is 4.79 Å². The number of rotatable bonds is 3. The van der Waals surface area contributed by atoms with Crippen LogP contribution in [0.15, 0.2) is 30.3 Å². The third-order valence-corrected chi connectivity index (χ3v) is 5.41. The van der Waals surface area contributed by atoms with Crippen molar-refractivity contribution in [1.82, 2.24) is 9.62 Å². The van der Waals surface area contributed by atoms with Gasteiger partial charge in [0.1, 0.15) is 0 Å². The van der Waals surface area contributed by atoms with E-state index in [1.807, 2.05) is 30.3 Å². The van der Waals surface area contributed by atoms with Gasteiger partial charge < -0.3 is 10.0 Å². The highest BCUT2D eigenvalue weighted by molar-refractivity contribution is 7.88. The van der Waals surface area contributed by atoms with Crippen LogP contribution in [0.1, 0.15) is 9.67 Å². The van der Waals surface area contributed by atoms with Crippen molar-refractivity contribution < 1.29 is 18.3 Å². The number of nitrogens with zero attached hydrogens (tertiary/aromatic N) is 1. The van der Waals surface area contributed by atoms with E-state index in [2.05, 4.69) is 4.72 Å². The lowest BCUT2D eigenvalue weighted by Gasteiger charge is -2.15. The number of aliphatic hydroxyl groups is 1. The summed E-state index contributed by atoms with van der Waals surface area (Å²) in [5, 5.41) is 10.9. The lowest BCUT2D eigenvalue weighted by Crippen LogP contribution is -2.42. The van der Waals surface area contributed by atoms with E-state index in [4.69, 9.17) is 0 Å². The molecule has 2 N–H and O–H groups in total. The Hall–Kier alpha value is -1.48. The van der Waals surface area contributed by atoms with Gasteiger partial charge in [0, 0.05) is 17.8 Å². The molecule has 118 valence electrons. The quantitative estimate of drug-likeness (QED) is 0.858. The molecule has 1 aliphatic rings. The Morgan fingerprint density at radius 3 is 2.77 bits per heavy atom. The lowest BCUT2D eigenvalue weighted by atomic mass is 10.2. The van der Waals surface area contributed by atoms with Gasteiger partial charge in [-0.2, -0.15) is 0 Å². The summed E-state index contributed by atoms with van der Waals surface area (Å²) in [6, 6.07) is 8.88. The molecule has 0 radical (unpaired) electrons. The molecule has 8 heteroatoms. The van der Waals surface area contributed by atoms with Crippen molar-refractivity contribution in [3.63, 3.8) is 0 Å². The second kappa shape index (κ2) is 5.62. The monoisotopic (exact) mass is 340 g/mol. The van der Waals surface area contributed by atoms with Gasteiger partial charge >= 0.3 is 0 Å². The summed E-state index contributed by atoms with van der Waals surface area (Å²) in [5.41, 5.74) is 0. The van der Waals surface area contributed by atoms with E-state index >= 15 is 0 Å². The van der Waals surface area contributed by atoms with Crippen LogP contribution in [0, 0.1) is 0 Å². The fourth-order valence-corrected chi connectivity index (χ4v) is 4.40. The standard InChI is InChI=1S/C14H16N2O4S2/c1-22(19,20)15-10-7-16(8-11(10)17)14(18)13-6-9-4-2-3-5-12(9)21-13/h2-6,10-11,15,17H,7-8H2,1H3/t10-,11-/m1/s1. The SMILES string of the molecule is CS(=O)(=O)N[C@@H]1CN(C(=O)c2cc3ccccc3s2)C[C@H]1O. The van der Waals surface area contributed by atoms with E-state index in [0.717, 1.165) is 16.3 Å². The number of nitrogens with one attached hydrogen (secondary N) is 1. The van der Waals surface area contributed by atoms with Crippen molar-refractivity contribution in [1.29, 1.82) is 0 Å². The highest BCUT2D eigenvalue weighted by Crippen LogP contribution is 2.27. The molecule has 1 amide bonds. The van der Waals surface area contributed by atoms with E-state index < -0.39 is 22.2 Å². The third-order valence-electron chi connectivity index (χ3n) is 3.58. The van der Waals surface area contributed by atoms with E-state index in [1.165, 1.54) is 16.2 Å². The molecule has 1 saturated heterocycles. The molecule has 0 bridgehead atoms. The number of thiophene rings is 1. The number of sulfonamides is 1. The zero-order chi connectivity index (χ0) is 15.9. The van der Waals surface area contributed by atoms with E-state index in [1.54, 1.807) is 0 Å². The molecule has 22 heavy (non-hydrogen) atoms. The predicted molar refractivity (Wildman–Crippen MR) is 85.5 cm³/mol. The number of likely N-dealkylation sites (tertiary alicyclic amines) is 1. The number of carbonyl (C=O) groups excluding carboxylic acids is 1. The number of amides is 1. The van der Waals surface area contributed by atoms with Gasteiger partial charge in [-0.1, -0.05) is 18.2 Å². The average Bonchev–Trinajstić information content (AvgIpc) is 3.00. The van der Waals surface area contributed by atoms with Crippen molar-refractivity contribution in [2.75, 3.05) is 19.3 Å². The Balaban J connectivity index is 1.78. The number of aliphatic hydroxyl groups excluding tert-OH is 1. The van der Waals surface area contributed by atoms with Crippen molar-refractivity contribution >= 4 is 37.4 Å². The number of carbonyl (C=O) groups is 1. The molecule has 1 aliphatic heterocycles. The zero-order valence-electron chi connectivity index (χ0n) is 11.9. The minimum Gasteiger partial charge on any atom is -0.390 e. The zero-order valence-corrected chi connectivity index (χ0v) is 13.5. The summed E-state index contributed by atoms with van der Waals surface area (Å²) in [6.45, 7) is 0.293. The summed E-state index contributed by atoms with van der Waals surface area (Å²) in [4.78, 5) is 14.6. The molecule has 6 nitrogen and oxygen atoms in total. The van der Waals surface area contributed by atoms with Crippen LogP contribution in [-0.4, -0.2) is 55.8 Å². The number of fused-ring (bicyclic) bond motifs is 1. The molecule has 3 rings (SSSR count). The van der Waals surface area contributed by atoms with Gasteiger partial charge in [-0.25, -0.2) is 13.1 Å². The molecule has 2 atom stereocenters. The number of β-amino-alcohol motifs (C(OH)–C–C–N with tert-alkyl or cyclic N) is 1. The van der Waals surface area contributed by atoms with Gasteiger partial charge in [-0.05, 0) is 17.5 Å². The van der Waals surface area contributed by atoms with E-state index in [0.29, 0.717) is 4.88 Å². The summed E-state index contributed by atoms with van der Waals surface area (Å²) in [6.07, 6.45) is 0.143. The fraction of sp³-hybridized carbons (Fsp3) is 0.357. The first-order chi connectivity index (χ1) is 10.3. The molecular weight excluding hydrogens is 324 g/mol. The molecule has 2 heterocycles. The molecule has 0 unspecified atom stereocenters. The highest BCUT2D eigenvalue weighted by Gasteiger charge is 2.36. The molecule has 1 aromatic carbocycles. The number of hydrogen-bond acceptors (Lipinski definition) is 5. The first-order valence-corrected chi connectivity index (χ1v) is 9.47. The van der Waals surface area contributed by atoms with Gasteiger partial charge in [0.15, 0.2) is 0 Å².